The largest absolute Gasteiger partial charge is 0.384 e. The number of nitrogens with zero attached hydrogens (tertiary/aromatic N) is 4. The number of rotatable bonds is 6. The number of pyridine rings is 1. The second-order valence-electron chi connectivity index (χ2n) is 9.08. The molecule has 1 aliphatic heterocycles. The highest BCUT2D eigenvalue weighted by atomic mass is 16.5. The van der Waals surface area contributed by atoms with Crippen molar-refractivity contribution >= 4 is 11.7 Å². The normalized spacial score (nSPS) is 18.5. The molecule has 1 amide bonds. The fraction of sp³-hybridized carbons (Fsp3) is 0.500. The first kappa shape index (κ1) is 22.3. The number of ether oxygens (including phenoxy) is 1. The Morgan fingerprint density at radius 3 is 2.69 bits per heavy atom. The Morgan fingerprint density at radius 2 is 2.06 bits per heavy atom. The summed E-state index contributed by atoms with van der Waals surface area (Å²) >= 11 is 0. The lowest BCUT2D eigenvalue weighted by atomic mass is 9.92. The molecule has 0 radical (unpaired) electrons. The summed E-state index contributed by atoms with van der Waals surface area (Å²) < 4.78 is 5.06. The van der Waals surface area contributed by atoms with Crippen molar-refractivity contribution in [2.24, 2.45) is 0 Å². The lowest BCUT2D eigenvalue weighted by Crippen LogP contribution is -2.54. The van der Waals surface area contributed by atoms with Crippen molar-refractivity contribution in [3.8, 4) is 17.2 Å². The first-order valence-electron chi connectivity index (χ1n) is 11.5. The number of hydrogen-bond donors (Lipinski definition) is 0. The topological polar surface area (TPSA) is 69.5 Å². The van der Waals surface area contributed by atoms with Crippen LogP contribution in [0.4, 0.5) is 5.82 Å². The van der Waals surface area contributed by atoms with E-state index in [0.29, 0.717) is 44.1 Å². The van der Waals surface area contributed by atoms with Gasteiger partial charge in [-0.25, -0.2) is 4.98 Å². The third-order valence-corrected chi connectivity index (χ3v) is 6.61. The molecule has 2 heterocycles. The summed E-state index contributed by atoms with van der Waals surface area (Å²) in [5.41, 5.74) is 6.25. The highest BCUT2D eigenvalue weighted by Crippen LogP contribution is 2.46. The van der Waals surface area contributed by atoms with E-state index in [1.165, 1.54) is 5.56 Å². The number of hydrogen-bond acceptors (Lipinski definition) is 5. The number of carbonyl (C=O) groups is 1. The Bertz CT molecular complexity index is 1050. The summed E-state index contributed by atoms with van der Waals surface area (Å²) in [6.45, 7) is 8.65. The molecule has 0 N–H and O–H groups in total. The van der Waals surface area contributed by atoms with Crippen LogP contribution in [-0.4, -0.2) is 55.2 Å². The van der Waals surface area contributed by atoms with Crippen LogP contribution in [0.3, 0.4) is 0 Å². The van der Waals surface area contributed by atoms with Gasteiger partial charge in [-0.1, -0.05) is 29.8 Å². The van der Waals surface area contributed by atoms with Crippen molar-refractivity contribution in [3.05, 3.63) is 46.6 Å². The number of carbonyl (C=O) groups excluding carboxylic acids is 1. The van der Waals surface area contributed by atoms with Crippen molar-refractivity contribution < 1.29 is 9.53 Å². The van der Waals surface area contributed by atoms with Crippen LogP contribution in [0.2, 0.25) is 0 Å². The predicted octanol–water partition coefficient (Wildman–Crippen LogP) is 4.19. The summed E-state index contributed by atoms with van der Waals surface area (Å²) in [4.78, 5) is 21.8. The van der Waals surface area contributed by atoms with E-state index in [-0.39, 0.29) is 11.9 Å². The zero-order chi connectivity index (χ0) is 22.8. The van der Waals surface area contributed by atoms with Crippen LogP contribution in [0.5, 0.6) is 0 Å². The number of benzene rings is 1. The van der Waals surface area contributed by atoms with Gasteiger partial charge in [0.25, 0.3) is 0 Å². The SMILES string of the molecule is COCCC(=O)N1CCN(c2nc(C3CC3)c(-c3cccc(C)c3)c(C)c2C#N)CC1C. The molecule has 2 fully saturated rings. The molecule has 6 heteroatoms. The van der Waals surface area contributed by atoms with Gasteiger partial charge < -0.3 is 14.5 Å². The van der Waals surface area contributed by atoms with Crippen molar-refractivity contribution in [1.82, 2.24) is 9.88 Å². The Kier molecular flexibility index (Phi) is 6.48. The van der Waals surface area contributed by atoms with Crippen LogP contribution in [-0.2, 0) is 9.53 Å². The zero-order valence-corrected chi connectivity index (χ0v) is 19.5. The van der Waals surface area contributed by atoms with Gasteiger partial charge in [-0.05, 0) is 44.7 Å². The molecule has 168 valence electrons. The van der Waals surface area contributed by atoms with Crippen LogP contribution < -0.4 is 4.90 Å². The molecule has 32 heavy (non-hydrogen) atoms. The Morgan fingerprint density at radius 1 is 1.28 bits per heavy atom. The maximum absolute atomic E-state index is 12.5. The maximum Gasteiger partial charge on any atom is 0.225 e. The molecule has 0 bridgehead atoms. The first-order valence-corrected chi connectivity index (χ1v) is 11.5. The van der Waals surface area contributed by atoms with Gasteiger partial charge in [-0.15, -0.1) is 0 Å². The summed E-state index contributed by atoms with van der Waals surface area (Å²) in [6, 6.07) is 11.0. The lowest BCUT2D eigenvalue weighted by Gasteiger charge is -2.41. The predicted molar refractivity (Wildman–Crippen MR) is 126 cm³/mol. The van der Waals surface area contributed by atoms with Gasteiger partial charge in [0.2, 0.25) is 5.91 Å². The second kappa shape index (κ2) is 9.30. The van der Waals surface area contributed by atoms with Gasteiger partial charge in [0.15, 0.2) is 0 Å². The van der Waals surface area contributed by atoms with Gasteiger partial charge >= 0.3 is 0 Å². The Labute approximate surface area is 190 Å². The van der Waals surface area contributed by atoms with Crippen molar-refractivity contribution in [2.45, 2.75) is 52.0 Å². The molecule has 1 atom stereocenters. The standard InChI is InChI=1S/C26H32N4O2/c1-17-6-5-7-21(14-17)24-19(3)22(15-27)26(28-25(24)20-8-9-20)29-11-12-30(18(2)16-29)23(31)10-13-32-4/h5-7,14,18,20H,8-13,16H2,1-4H3. The van der Waals surface area contributed by atoms with Gasteiger partial charge in [-0.2, -0.15) is 5.26 Å². The van der Waals surface area contributed by atoms with Gasteiger partial charge in [0.1, 0.15) is 11.9 Å². The molecule has 1 saturated carbocycles. The minimum Gasteiger partial charge on any atom is -0.384 e. The van der Waals surface area contributed by atoms with Gasteiger partial charge in [0, 0.05) is 44.3 Å². The fourth-order valence-electron chi connectivity index (χ4n) is 4.74. The second-order valence-corrected chi connectivity index (χ2v) is 9.08. The van der Waals surface area contributed by atoms with Crippen LogP contribution >= 0.6 is 0 Å². The van der Waals surface area contributed by atoms with E-state index in [2.05, 4.69) is 56.0 Å². The van der Waals surface area contributed by atoms with Crippen LogP contribution in [0.1, 0.15) is 54.5 Å². The minimum absolute atomic E-state index is 0.0579. The molecular weight excluding hydrogens is 400 g/mol. The molecule has 2 aromatic rings. The van der Waals surface area contributed by atoms with Crippen molar-refractivity contribution in [3.63, 3.8) is 0 Å². The quantitative estimate of drug-likeness (QED) is 0.685. The summed E-state index contributed by atoms with van der Waals surface area (Å²) in [7, 11) is 1.62. The molecule has 1 aliphatic carbocycles. The number of aryl methyl sites for hydroxylation is 1. The van der Waals surface area contributed by atoms with Crippen molar-refractivity contribution in [1.29, 1.82) is 5.26 Å². The summed E-state index contributed by atoms with van der Waals surface area (Å²) in [6.07, 6.45) is 2.70. The maximum atomic E-state index is 12.5. The van der Waals surface area contributed by atoms with E-state index in [0.717, 1.165) is 41.0 Å². The van der Waals surface area contributed by atoms with Crippen LogP contribution in [0.15, 0.2) is 24.3 Å². The van der Waals surface area contributed by atoms with E-state index in [4.69, 9.17) is 9.72 Å². The molecule has 1 aromatic heterocycles. The van der Waals surface area contributed by atoms with Gasteiger partial charge in [-0.3, -0.25) is 4.79 Å². The molecule has 4 rings (SSSR count). The summed E-state index contributed by atoms with van der Waals surface area (Å²) in [5, 5.41) is 10.1. The molecule has 0 spiro atoms. The monoisotopic (exact) mass is 432 g/mol. The van der Waals surface area contributed by atoms with Crippen molar-refractivity contribution in [2.75, 3.05) is 38.3 Å². The number of amides is 1. The zero-order valence-electron chi connectivity index (χ0n) is 19.5. The molecule has 1 saturated heterocycles. The third kappa shape index (κ3) is 4.35. The number of anilines is 1. The first-order chi connectivity index (χ1) is 15.4. The van der Waals surface area contributed by atoms with Crippen LogP contribution in [0, 0.1) is 25.2 Å². The van der Waals surface area contributed by atoms with E-state index in [9.17, 15) is 10.1 Å². The molecule has 1 unspecified atom stereocenters. The fourth-order valence-corrected chi connectivity index (χ4v) is 4.74. The van der Waals surface area contributed by atoms with E-state index in [1.54, 1.807) is 7.11 Å². The Hall–Kier alpha value is -2.91. The number of methoxy groups -OCH3 is 1. The number of piperazine rings is 1. The Balaban J connectivity index is 1.69. The third-order valence-electron chi connectivity index (χ3n) is 6.61. The van der Waals surface area contributed by atoms with E-state index < -0.39 is 0 Å². The highest BCUT2D eigenvalue weighted by molar-refractivity contribution is 5.78. The van der Waals surface area contributed by atoms with Crippen LogP contribution in [0.25, 0.3) is 11.1 Å². The molecule has 2 aliphatic rings. The van der Waals surface area contributed by atoms with E-state index >= 15 is 0 Å². The smallest absolute Gasteiger partial charge is 0.225 e. The van der Waals surface area contributed by atoms with E-state index in [1.807, 2.05) is 4.90 Å². The lowest BCUT2D eigenvalue weighted by molar-refractivity contribution is -0.134. The average molecular weight is 433 g/mol. The number of nitriles is 1. The average Bonchev–Trinajstić information content (AvgIpc) is 3.62. The number of aromatic nitrogens is 1. The minimum atomic E-state index is 0.0579. The highest BCUT2D eigenvalue weighted by Gasteiger charge is 2.34. The molecule has 6 nitrogen and oxygen atoms in total. The molecule has 1 aromatic carbocycles. The van der Waals surface area contributed by atoms with Gasteiger partial charge in [0.05, 0.1) is 24.3 Å². The summed E-state index contributed by atoms with van der Waals surface area (Å²) in [5.74, 6) is 1.36. The molecular formula is C26H32N4O2.